The monoisotopic (exact) mass is 231 g/mol. The number of carboxylic acid groups (broad SMARTS) is 1. The van der Waals surface area contributed by atoms with Crippen LogP contribution in [-0.4, -0.2) is 29.3 Å². The maximum absolute atomic E-state index is 11.3. The average molecular weight is 231 g/mol. The molecule has 0 spiro atoms. The van der Waals surface area contributed by atoms with Crippen molar-refractivity contribution in [3.8, 4) is 0 Å². The number of carbonyl (C=O) groups excluding carboxylic acids is 1. The lowest BCUT2D eigenvalue weighted by Crippen LogP contribution is -2.38. The predicted octanol–water partition coefficient (Wildman–Crippen LogP) is 2.01. The molecule has 0 radical (unpaired) electrons. The van der Waals surface area contributed by atoms with Crippen LogP contribution < -0.4 is 5.32 Å². The number of nitrogens with one attached hydrogen (secondary N) is 1. The van der Waals surface area contributed by atoms with Crippen LogP contribution in [0.15, 0.2) is 0 Å². The topological polar surface area (TPSA) is 75.6 Å². The number of carboxylic acids is 1. The first-order valence-corrected chi connectivity index (χ1v) is 5.20. The number of alkyl carbamates (subject to hydrolysis) is 1. The quantitative estimate of drug-likeness (QED) is 0.776. The molecule has 1 amide bonds. The molecule has 2 N–H and O–H groups in total. The number of hydrogen-bond donors (Lipinski definition) is 2. The molecule has 0 bridgehead atoms. The van der Waals surface area contributed by atoms with Crippen molar-refractivity contribution in [1.29, 1.82) is 0 Å². The lowest BCUT2D eigenvalue weighted by atomic mass is 9.89. The van der Waals surface area contributed by atoms with Gasteiger partial charge in [0.2, 0.25) is 0 Å². The van der Waals surface area contributed by atoms with E-state index < -0.39 is 23.1 Å². The summed E-state index contributed by atoms with van der Waals surface area (Å²) < 4.78 is 5.04. The minimum absolute atomic E-state index is 0.00278. The van der Waals surface area contributed by atoms with E-state index in [1.165, 1.54) is 0 Å². The van der Waals surface area contributed by atoms with Crippen LogP contribution in [0.4, 0.5) is 4.79 Å². The number of aliphatic carboxylic acids is 1. The molecule has 5 heteroatoms. The lowest BCUT2D eigenvalue weighted by Gasteiger charge is -2.25. The number of rotatable bonds is 4. The van der Waals surface area contributed by atoms with Crippen LogP contribution in [0.25, 0.3) is 0 Å². The maximum atomic E-state index is 11.3. The average Bonchev–Trinajstić information content (AvgIpc) is 1.95. The summed E-state index contributed by atoms with van der Waals surface area (Å²) in [5.74, 6) is -0.879. The van der Waals surface area contributed by atoms with Crippen LogP contribution >= 0.6 is 0 Å². The van der Waals surface area contributed by atoms with Gasteiger partial charge < -0.3 is 15.2 Å². The fraction of sp³-hybridized carbons (Fsp3) is 0.818. The molecule has 0 aromatic rings. The summed E-state index contributed by atoms with van der Waals surface area (Å²) in [6.45, 7) is 9.14. The molecule has 94 valence electrons. The first kappa shape index (κ1) is 14.7. The highest BCUT2D eigenvalue weighted by Gasteiger charge is 2.24. The molecule has 0 aliphatic carbocycles. The summed E-state index contributed by atoms with van der Waals surface area (Å²) in [4.78, 5) is 21.9. The van der Waals surface area contributed by atoms with Crippen LogP contribution in [0.3, 0.4) is 0 Å². The molecular weight excluding hydrogens is 210 g/mol. The van der Waals surface area contributed by atoms with Gasteiger partial charge in [-0.1, -0.05) is 13.8 Å². The van der Waals surface area contributed by atoms with Gasteiger partial charge >= 0.3 is 12.1 Å². The standard InChI is InChI=1S/C11H21NO4/c1-10(2,3)16-9(15)12-7-11(4,5)6-8(13)14/h6-7H2,1-5H3,(H,12,15)(H,13,14). The summed E-state index contributed by atoms with van der Waals surface area (Å²) in [6.07, 6.45) is -0.519. The number of hydrogen-bond acceptors (Lipinski definition) is 3. The molecule has 0 aromatic heterocycles. The van der Waals surface area contributed by atoms with Crippen LogP contribution in [0.2, 0.25) is 0 Å². The summed E-state index contributed by atoms with van der Waals surface area (Å²) >= 11 is 0. The smallest absolute Gasteiger partial charge is 0.407 e. The van der Waals surface area contributed by atoms with E-state index >= 15 is 0 Å². The zero-order valence-corrected chi connectivity index (χ0v) is 10.6. The molecule has 5 nitrogen and oxygen atoms in total. The third-order valence-corrected chi connectivity index (χ3v) is 1.74. The normalized spacial score (nSPS) is 12.1. The Hall–Kier alpha value is -1.26. The molecule has 16 heavy (non-hydrogen) atoms. The molecule has 0 aliphatic rings. The number of amides is 1. The molecule has 0 fully saturated rings. The van der Waals surface area contributed by atoms with Gasteiger partial charge in [0.05, 0.1) is 6.42 Å². The first-order chi connectivity index (χ1) is 7.02. The summed E-state index contributed by atoms with van der Waals surface area (Å²) in [7, 11) is 0. The van der Waals surface area contributed by atoms with E-state index in [9.17, 15) is 9.59 Å². The van der Waals surface area contributed by atoms with E-state index in [1.807, 2.05) is 0 Å². The van der Waals surface area contributed by atoms with Crippen LogP contribution in [0.1, 0.15) is 41.0 Å². The van der Waals surface area contributed by atoms with E-state index in [-0.39, 0.29) is 13.0 Å². The van der Waals surface area contributed by atoms with Crippen molar-refractivity contribution in [3.05, 3.63) is 0 Å². The Bertz CT molecular complexity index is 266. The minimum Gasteiger partial charge on any atom is -0.481 e. The zero-order valence-electron chi connectivity index (χ0n) is 10.6. The van der Waals surface area contributed by atoms with Crippen molar-refractivity contribution in [2.24, 2.45) is 5.41 Å². The van der Waals surface area contributed by atoms with E-state index in [0.29, 0.717) is 0 Å². The maximum Gasteiger partial charge on any atom is 0.407 e. The van der Waals surface area contributed by atoms with Gasteiger partial charge in [0.25, 0.3) is 0 Å². The second kappa shape index (κ2) is 5.18. The Morgan fingerprint density at radius 1 is 1.19 bits per heavy atom. The Balaban J connectivity index is 4.05. The van der Waals surface area contributed by atoms with Gasteiger partial charge in [-0.25, -0.2) is 4.79 Å². The lowest BCUT2D eigenvalue weighted by molar-refractivity contribution is -0.139. The first-order valence-electron chi connectivity index (χ1n) is 5.20. The number of carbonyl (C=O) groups is 2. The molecule has 0 heterocycles. The van der Waals surface area contributed by atoms with E-state index in [4.69, 9.17) is 9.84 Å². The fourth-order valence-electron chi connectivity index (χ4n) is 1.10. The highest BCUT2D eigenvalue weighted by Crippen LogP contribution is 2.18. The van der Waals surface area contributed by atoms with Gasteiger partial charge in [-0.3, -0.25) is 4.79 Å². The Labute approximate surface area is 96.2 Å². The Kier molecular flexibility index (Phi) is 4.78. The summed E-state index contributed by atoms with van der Waals surface area (Å²) in [6, 6.07) is 0. The molecule has 0 aromatic carbocycles. The predicted molar refractivity (Wildman–Crippen MR) is 60.3 cm³/mol. The van der Waals surface area contributed by atoms with Crippen molar-refractivity contribution in [2.75, 3.05) is 6.54 Å². The third-order valence-electron chi connectivity index (χ3n) is 1.74. The largest absolute Gasteiger partial charge is 0.481 e. The Morgan fingerprint density at radius 3 is 2.06 bits per heavy atom. The fourth-order valence-corrected chi connectivity index (χ4v) is 1.10. The second-order valence-corrected chi connectivity index (χ2v) is 5.59. The van der Waals surface area contributed by atoms with Crippen molar-refractivity contribution < 1.29 is 19.4 Å². The highest BCUT2D eigenvalue weighted by molar-refractivity contribution is 5.69. The molecule has 0 saturated heterocycles. The van der Waals surface area contributed by atoms with E-state index in [1.54, 1.807) is 34.6 Å². The van der Waals surface area contributed by atoms with Crippen molar-refractivity contribution in [1.82, 2.24) is 5.32 Å². The van der Waals surface area contributed by atoms with Gasteiger partial charge in [0.1, 0.15) is 5.60 Å². The Morgan fingerprint density at radius 2 is 1.69 bits per heavy atom. The van der Waals surface area contributed by atoms with Crippen molar-refractivity contribution in [2.45, 2.75) is 46.6 Å². The second-order valence-electron chi connectivity index (χ2n) is 5.59. The van der Waals surface area contributed by atoms with Crippen LogP contribution in [0, 0.1) is 5.41 Å². The molecule has 0 saturated carbocycles. The summed E-state index contributed by atoms with van der Waals surface area (Å²) in [5.41, 5.74) is -1.02. The minimum atomic E-state index is -0.879. The SMILES string of the molecule is CC(C)(CNC(=O)OC(C)(C)C)CC(=O)O. The molecular formula is C11H21NO4. The van der Waals surface area contributed by atoms with Gasteiger partial charge in [-0.05, 0) is 26.2 Å². The number of ether oxygens (including phenoxy) is 1. The van der Waals surface area contributed by atoms with E-state index in [2.05, 4.69) is 5.32 Å². The van der Waals surface area contributed by atoms with Crippen molar-refractivity contribution >= 4 is 12.1 Å². The summed E-state index contributed by atoms with van der Waals surface area (Å²) in [5, 5.41) is 11.2. The molecule has 0 rings (SSSR count). The zero-order chi connectivity index (χ0) is 13.0. The van der Waals surface area contributed by atoms with Crippen molar-refractivity contribution in [3.63, 3.8) is 0 Å². The van der Waals surface area contributed by atoms with Gasteiger partial charge in [0.15, 0.2) is 0 Å². The van der Waals surface area contributed by atoms with Gasteiger partial charge in [-0.2, -0.15) is 0 Å². The third kappa shape index (κ3) is 8.08. The van der Waals surface area contributed by atoms with Crippen LogP contribution in [-0.2, 0) is 9.53 Å². The highest BCUT2D eigenvalue weighted by atomic mass is 16.6. The van der Waals surface area contributed by atoms with E-state index in [0.717, 1.165) is 0 Å². The molecule has 0 unspecified atom stereocenters. The van der Waals surface area contributed by atoms with Gasteiger partial charge in [0, 0.05) is 6.54 Å². The van der Waals surface area contributed by atoms with Crippen LogP contribution in [0.5, 0.6) is 0 Å². The van der Waals surface area contributed by atoms with Gasteiger partial charge in [-0.15, -0.1) is 0 Å². The molecule has 0 aliphatic heterocycles. The molecule has 0 atom stereocenters.